The quantitative estimate of drug-likeness (QED) is 0.716. The van der Waals surface area contributed by atoms with Crippen LogP contribution in [0.15, 0.2) is 24.3 Å². The zero-order valence-electron chi connectivity index (χ0n) is 13.3. The molecule has 0 atom stereocenters. The second kappa shape index (κ2) is 7.43. The lowest BCUT2D eigenvalue weighted by Gasteiger charge is -2.33. The van der Waals surface area contributed by atoms with Crippen molar-refractivity contribution in [2.24, 2.45) is 0 Å². The molecule has 0 bridgehead atoms. The fraction of sp³-hybridized carbons (Fsp3) is 0.500. The fourth-order valence-corrected chi connectivity index (χ4v) is 2.72. The zero-order valence-corrected chi connectivity index (χ0v) is 13.3. The predicted octanol–water partition coefficient (Wildman–Crippen LogP) is 4.37. The molecule has 1 aromatic carbocycles. The van der Waals surface area contributed by atoms with Gasteiger partial charge in [-0.25, -0.2) is 4.79 Å². The molecule has 1 fully saturated rings. The van der Waals surface area contributed by atoms with Gasteiger partial charge in [-0.15, -0.1) is 0 Å². The second-order valence-electron chi connectivity index (χ2n) is 5.84. The van der Waals surface area contributed by atoms with Crippen LogP contribution >= 0.6 is 0 Å². The van der Waals surface area contributed by atoms with E-state index in [9.17, 15) is 31.1 Å². The maximum atomic E-state index is 12.5. The Morgan fingerprint density at radius 2 is 1.58 bits per heavy atom. The van der Waals surface area contributed by atoms with Crippen molar-refractivity contribution in [1.82, 2.24) is 4.90 Å². The minimum Gasteiger partial charge on any atom is -0.426 e. The van der Waals surface area contributed by atoms with Crippen molar-refractivity contribution in [3.8, 4) is 6.07 Å². The molecule has 2 rings (SSSR count). The Labute approximate surface area is 144 Å². The third-order valence-corrected chi connectivity index (χ3v) is 4.08. The number of nitriles is 1. The zero-order chi connectivity index (χ0) is 19.5. The molecule has 0 N–H and O–H groups in total. The SMILES string of the molecule is N#Cc1ccc(C2CCN(C(=O)OC(C(F)(F)F)C(F)(F)F)CC2)cc1. The smallest absolute Gasteiger partial charge is 0.426 e. The molecule has 0 aliphatic carbocycles. The molecule has 1 aromatic rings. The maximum Gasteiger partial charge on any atom is 0.434 e. The van der Waals surface area contributed by atoms with Crippen LogP contribution in [-0.4, -0.2) is 42.5 Å². The summed E-state index contributed by atoms with van der Waals surface area (Å²) in [4.78, 5) is 12.5. The number of carbonyl (C=O) groups is 1. The van der Waals surface area contributed by atoms with Gasteiger partial charge in [-0.1, -0.05) is 12.1 Å². The van der Waals surface area contributed by atoms with Crippen molar-refractivity contribution in [2.45, 2.75) is 37.2 Å². The first-order valence-electron chi connectivity index (χ1n) is 7.61. The van der Waals surface area contributed by atoms with E-state index >= 15 is 0 Å². The van der Waals surface area contributed by atoms with Crippen LogP contribution in [0.1, 0.15) is 29.9 Å². The molecule has 1 saturated heterocycles. The van der Waals surface area contributed by atoms with E-state index in [0.29, 0.717) is 18.4 Å². The molecule has 4 nitrogen and oxygen atoms in total. The number of hydrogen-bond donors (Lipinski definition) is 0. The lowest BCUT2D eigenvalue weighted by molar-refractivity contribution is -0.308. The first-order chi connectivity index (χ1) is 12.0. The van der Waals surface area contributed by atoms with E-state index in [-0.39, 0.29) is 19.0 Å². The molecule has 0 aromatic heterocycles. The minimum absolute atomic E-state index is 0.00665. The minimum atomic E-state index is -5.73. The van der Waals surface area contributed by atoms with E-state index < -0.39 is 24.5 Å². The number of likely N-dealkylation sites (tertiary alicyclic amines) is 1. The molecule has 142 valence electrons. The lowest BCUT2D eigenvalue weighted by Crippen LogP contribution is -2.49. The Morgan fingerprint density at radius 1 is 1.08 bits per heavy atom. The van der Waals surface area contributed by atoms with Crippen molar-refractivity contribution < 1.29 is 35.9 Å². The first kappa shape index (κ1) is 19.9. The van der Waals surface area contributed by atoms with Crippen molar-refractivity contribution >= 4 is 6.09 Å². The van der Waals surface area contributed by atoms with E-state index in [0.717, 1.165) is 10.5 Å². The van der Waals surface area contributed by atoms with Gasteiger partial charge in [0, 0.05) is 13.1 Å². The van der Waals surface area contributed by atoms with Gasteiger partial charge in [-0.2, -0.15) is 31.6 Å². The molecular weight excluding hydrogens is 366 g/mol. The van der Waals surface area contributed by atoms with Crippen LogP contribution in [0.3, 0.4) is 0 Å². The van der Waals surface area contributed by atoms with Crippen LogP contribution in [-0.2, 0) is 4.74 Å². The molecule has 1 amide bonds. The highest BCUT2D eigenvalue weighted by Crippen LogP contribution is 2.36. The Morgan fingerprint density at radius 3 is 2.00 bits per heavy atom. The highest BCUT2D eigenvalue weighted by atomic mass is 19.4. The number of halogens is 6. The Bertz CT molecular complexity index is 656. The van der Waals surface area contributed by atoms with Crippen molar-refractivity contribution in [3.05, 3.63) is 35.4 Å². The maximum absolute atomic E-state index is 12.5. The number of alkyl halides is 6. The van der Waals surface area contributed by atoms with Crippen LogP contribution < -0.4 is 0 Å². The van der Waals surface area contributed by atoms with E-state index in [1.165, 1.54) is 0 Å². The fourth-order valence-electron chi connectivity index (χ4n) is 2.72. The van der Waals surface area contributed by atoms with E-state index in [2.05, 4.69) is 4.74 Å². The number of ether oxygens (including phenoxy) is 1. The summed E-state index contributed by atoms with van der Waals surface area (Å²) in [6, 6.07) is 8.68. The number of hydrogen-bond acceptors (Lipinski definition) is 3. The number of amides is 1. The van der Waals surface area contributed by atoms with E-state index in [4.69, 9.17) is 5.26 Å². The number of nitrogens with zero attached hydrogens (tertiary/aromatic N) is 2. The summed E-state index contributed by atoms with van der Waals surface area (Å²) in [6.07, 6.45) is -16.5. The van der Waals surface area contributed by atoms with Gasteiger partial charge in [0.2, 0.25) is 0 Å². The van der Waals surface area contributed by atoms with Crippen molar-refractivity contribution in [3.63, 3.8) is 0 Å². The van der Waals surface area contributed by atoms with E-state index in [1.54, 1.807) is 24.3 Å². The van der Waals surface area contributed by atoms with Gasteiger partial charge in [-0.3, -0.25) is 0 Å². The van der Waals surface area contributed by atoms with Crippen LogP contribution in [0.5, 0.6) is 0 Å². The molecule has 1 heterocycles. The molecule has 10 heteroatoms. The molecule has 1 aliphatic heterocycles. The topological polar surface area (TPSA) is 53.3 Å². The predicted molar refractivity (Wildman–Crippen MR) is 77.1 cm³/mol. The van der Waals surface area contributed by atoms with Gasteiger partial charge >= 0.3 is 18.4 Å². The molecular formula is C16H14F6N2O2. The summed E-state index contributed by atoms with van der Waals surface area (Å²) in [7, 11) is 0. The average molecular weight is 380 g/mol. The number of carbonyl (C=O) groups excluding carboxylic acids is 1. The van der Waals surface area contributed by atoms with Gasteiger partial charge in [0.25, 0.3) is 6.10 Å². The Kier molecular flexibility index (Phi) is 5.68. The molecule has 0 radical (unpaired) electrons. The van der Waals surface area contributed by atoms with Crippen LogP contribution in [0.2, 0.25) is 0 Å². The average Bonchev–Trinajstić information content (AvgIpc) is 2.57. The molecule has 0 saturated carbocycles. The Balaban J connectivity index is 1.96. The van der Waals surface area contributed by atoms with Gasteiger partial charge < -0.3 is 9.64 Å². The van der Waals surface area contributed by atoms with E-state index in [1.807, 2.05) is 6.07 Å². The first-order valence-corrected chi connectivity index (χ1v) is 7.61. The third-order valence-electron chi connectivity index (χ3n) is 4.08. The number of piperidine rings is 1. The van der Waals surface area contributed by atoms with Crippen LogP contribution in [0.25, 0.3) is 0 Å². The monoisotopic (exact) mass is 380 g/mol. The highest BCUT2D eigenvalue weighted by Gasteiger charge is 2.60. The normalized spacial score (nSPS) is 16.5. The molecule has 26 heavy (non-hydrogen) atoms. The molecule has 0 spiro atoms. The highest BCUT2D eigenvalue weighted by molar-refractivity contribution is 5.68. The van der Waals surface area contributed by atoms with Crippen LogP contribution in [0.4, 0.5) is 31.1 Å². The number of benzene rings is 1. The summed E-state index contributed by atoms with van der Waals surface area (Å²) in [5.41, 5.74) is 1.36. The summed E-state index contributed by atoms with van der Waals surface area (Å²) >= 11 is 0. The third kappa shape index (κ3) is 4.80. The number of rotatable bonds is 2. The summed E-state index contributed by atoms with van der Waals surface area (Å²) < 4.78 is 78.4. The van der Waals surface area contributed by atoms with Crippen LogP contribution in [0, 0.1) is 11.3 Å². The standard InChI is InChI=1S/C16H14F6N2O2/c17-15(18,19)13(16(20,21)22)26-14(25)24-7-5-12(6-8-24)11-3-1-10(9-23)2-4-11/h1-4,12-13H,5-8H2. The molecule has 0 unspecified atom stereocenters. The van der Waals surface area contributed by atoms with Gasteiger partial charge in [0.15, 0.2) is 0 Å². The molecule has 1 aliphatic rings. The summed E-state index contributed by atoms with van der Waals surface area (Å²) in [5, 5.41) is 8.75. The van der Waals surface area contributed by atoms with Crippen molar-refractivity contribution in [1.29, 1.82) is 5.26 Å². The summed E-state index contributed by atoms with van der Waals surface area (Å²) in [6.45, 7) is -0.0438. The largest absolute Gasteiger partial charge is 0.434 e. The van der Waals surface area contributed by atoms with Crippen molar-refractivity contribution in [2.75, 3.05) is 13.1 Å². The second-order valence-corrected chi connectivity index (χ2v) is 5.84. The van der Waals surface area contributed by atoms with Gasteiger partial charge in [0.1, 0.15) is 0 Å². The van der Waals surface area contributed by atoms with Gasteiger partial charge in [-0.05, 0) is 36.5 Å². The van der Waals surface area contributed by atoms with Gasteiger partial charge in [0.05, 0.1) is 11.6 Å². The Hall–Kier alpha value is -2.44. The lowest BCUT2D eigenvalue weighted by atomic mass is 9.89. The summed E-state index contributed by atoms with van der Waals surface area (Å²) in [5.74, 6) is -0.00665.